The van der Waals surface area contributed by atoms with Crippen LogP contribution in [0, 0.1) is 24.7 Å². The summed E-state index contributed by atoms with van der Waals surface area (Å²) in [4.78, 5) is 0. The Labute approximate surface area is 113 Å². The number of sulfonamides is 1. The van der Waals surface area contributed by atoms with Gasteiger partial charge in [0.15, 0.2) is 0 Å². The summed E-state index contributed by atoms with van der Waals surface area (Å²) in [5, 5.41) is 8.70. The molecule has 1 aromatic carbocycles. The van der Waals surface area contributed by atoms with Crippen molar-refractivity contribution in [1.82, 2.24) is 0 Å². The zero-order valence-electron chi connectivity index (χ0n) is 10.8. The van der Waals surface area contributed by atoms with Crippen molar-refractivity contribution >= 4 is 15.7 Å². The third-order valence-corrected chi connectivity index (χ3v) is 4.42. The molecule has 0 atom stereocenters. The van der Waals surface area contributed by atoms with Crippen molar-refractivity contribution in [3.8, 4) is 11.8 Å². The molecule has 1 aliphatic rings. The van der Waals surface area contributed by atoms with Crippen molar-refractivity contribution in [1.29, 1.82) is 0 Å². The number of nitrogens with one attached hydrogen (secondary N) is 1. The van der Waals surface area contributed by atoms with Crippen LogP contribution in [0.5, 0.6) is 0 Å². The molecule has 5 heteroatoms. The molecule has 1 aromatic rings. The molecular formula is C14H17NO3S. The molecule has 19 heavy (non-hydrogen) atoms. The van der Waals surface area contributed by atoms with Gasteiger partial charge in [-0.1, -0.05) is 17.9 Å². The van der Waals surface area contributed by atoms with Crippen LogP contribution in [0.2, 0.25) is 0 Å². The van der Waals surface area contributed by atoms with E-state index in [-0.39, 0.29) is 12.4 Å². The highest BCUT2D eigenvalue weighted by atomic mass is 32.2. The van der Waals surface area contributed by atoms with Crippen LogP contribution in [-0.4, -0.2) is 25.9 Å². The average Bonchev–Trinajstić information content (AvgIpc) is 3.12. The van der Waals surface area contributed by atoms with Crippen LogP contribution in [0.4, 0.5) is 5.69 Å². The third kappa shape index (κ3) is 4.27. The van der Waals surface area contributed by atoms with Gasteiger partial charge in [0, 0.05) is 11.3 Å². The summed E-state index contributed by atoms with van der Waals surface area (Å²) in [6, 6.07) is 5.24. The van der Waals surface area contributed by atoms with Crippen LogP contribution in [0.15, 0.2) is 18.2 Å². The average molecular weight is 279 g/mol. The Morgan fingerprint density at radius 3 is 2.79 bits per heavy atom. The second-order valence-corrected chi connectivity index (χ2v) is 6.58. The van der Waals surface area contributed by atoms with Gasteiger partial charge in [-0.3, -0.25) is 4.72 Å². The van der Waals surface area contributed by atoms with Gasteiger partial charge in [0.25, 0.3) is 0 Å². The van der Waals surface area contributed by atoms with Gasteiger partial charge in [-0.05, 0) is 43.4 Å². The van der Waals surface area contributed by atoms with Gasteiger partial charge in [-0.25, -0.2) is 8.42 Å². The molecular weight excluding hydrogens is 262 g/mol. The summed E-state index contributed by atoms with van der Waals surface area (Å²) in [6.45, 7) is 1.68. The lowest BCUT2D eigenvalue weighted by atomic mass is 10.1. The molecule has 2 rings (SSSR count). The van der Waals surface area contributed by atoms with E-state index in [0.717, 1.165) is 24.0 Å². The number of aryl methyl sites for hydroxylation is 1. The van der Waals surface area contributed by atoms with E-state index in [0.29, 0.717) is 11.6 Å². The molecule has 102 valence electrons. The summed E-state index contributed by atoms with van der Waals surface area (Å²) in [7, 11) is -3.27. The molecule has 0 aromatic heterocycles. The fourth-order valence-electron chi connectivity index (χ4n) is 1.77. The van der Waals surface area contributed by atoms with Gasteiger partial charge < -0.3 is 5.11 Å². The number of aliphatic hydroxyl groups is 1. The SMILES string of the molecule is Cc1ccc(NS(=O)(=O)CC2CC2)cc1C#CCO. The normalized spacial score (nSPS) is 14.6. The summed E-state index contributed by atoms with van der Waals surface area (Å²) < 4.78 is 26.3. The Morgan fingerprint density at radius 2 is 2.16 bits per heavy atom. The van der Waals surface area contributed by atoms with Gasteiger partial charge in [0.05, 0.1) is 5.75 Å². The van der Waals surface area contributed by atoms with E-state index >= 15 is 0 Å². The quantitative estimate of drug-likeness (QED) is 0.821. The first-order chi connectivity index (χ1) is 9.00. The summed E-state index contributed by atoms with van der Waals surface area (Å²) in [5.41, 5.74) is 2.19. The third-order valence-electron chi connectivity index (χ3n) is 2.97. The fourth-order valence-corrected chi connectivity index (χ4v) is 3.29. The van der Waals surface area contributed by atoms with Crippen LogP contribution in [0.1, 0.15) is 24.0 Å². The highest BCUT2D eigenvalue weighted by Gasteiger charge is 2.27. The second-order valence-electron chi connectivity index (χ2n) is 4.82. The Kier molecular flexibility index (Phi) is 4.13. The van der Waals surface area contributed by atoms with Gasteiger partial charge >= 0.3 is 0 Å². The predicted molar refractivity (Wildman–Crippen MR) is 75.3 cm³/mol. The molecule has 0 unspecified atom stereocenters. The molecule has 0 saturated heterocycles. The highest BCUT2D eigenvalue weighted by Crippen LogP contribution is 2.30. The van der Waals surface area contributed by atoms with E-state index in [1.807, 2.05) is 13.0 Å². The standard InChI is InChI=1S/C14H17NO3S/c1-11-4-7-14(9-13(11)3-2-8-16)15-19(17,18)10-12-5-6-12/h4,7,9,12,15-16H,5-6,8,10H2,1H3. The number of benzene rings is 1. The molecule has 4 nitrogen and oxygen atoms in total. The van der Waals surface area contributed by atoms with Crippen LogP contribution in [0.3, 0.4) is 0 Å². The lowest BCUT2D eigenvalue weighted by molar-refractivity contribution is 0.350. The molecule has 0 aliphatic heterocycles. The molecule has 0 bridgehead atoms. The summed E-state index contributed by atoms with van der Waals surface area (Å²) >= 11 is 0. The summed E-state index contributed by atoms with van der Waals surface area (Å²) in [6.07, 6.45) is 2.00. The Bertz CT molecular complexity index is 622. The van der Waals surface area contributed by atoms with Crippen molar-refractivity contribution in [2.45, 2.75) is 19.8 Å². The first kappa shape index (κ1) is 13.9. The Balaban J connectivity index is 2.16. The second kappa shape index (κ2) is 5.64. The zero-order chi connectivity index (χ0) is 13.9. The molecule has 0 heterocycles. The minimum atomic E-state index is -3.27. The van der Waals surface area contributed by atoms with E-state index in [1.54, 1.807) is 12.1 Å². The smallest absolute Gasteiger partial charge is 0.232 e. The molecule has 1 aliphatic carbocycles. The van der Waals surface area contributed by atoms with E-state index in [2.05, 4.69) is 16.6 Å². The Hall–Kier alpha value is -1.51. The van der Waals surface area contributed by atoms with Crippen molar-refractivity contribution < 1.29 is 13.5 Å². The maximum Gasteiger partial charge on any atom is 0.232 e. The molecule has 1 saturated carbocycles. The maximum atomic E-state index is 11.9. The minimum Gasteiger partial charge on any atom is -0.384 e. The highest BCUT2D eigenvalue weighted by molar-refractivity contribution is 7.92. The van der Waals surface area contributed by atoms with E-state index in [1.165, 1.54) is 0 Å². The number of rotatable bonds is 4. The molecule has 1 fully saturated rings. The number of anilines is 1. The van der Waals surface area contributed by atoms with Crippen LogP contribution in [0.25, 0.3) is 0 Å². The zero-order valence-corrected chi connectivity index (χ0v) is 11.6. The summed E-state index contributed by atoms with van der Waals surface area (Å²) in [5.74, 6) is 5.88. The van der Waals surface area contributed by atoms with E-state index in [4.69, 9.17) is 5.11 Å². The van der Waals surface area contributed by atoms with Crippen molar-refractivity contribution in [3.63, 3.8) is 0 Å². The van der Waals surface area contributed by atoms with E-state index < -0.39 is 10.0 Å². The van der Waals surface area contributed by atoms with Gasteiger partial charge in [0.2, 0.25) is 10.0 Å². The molecule has 0 amide bonds. The monoisotopic (exact) mass is 279 g/mol. The van der Waals surface area contributed by atoms with Crippen LogP contribution < -0.4 is 4.72 Å². The first-order valence-electron chi connectivity index (χ1n) is 6.21. The van der Waals surface area contributed by atoms with Gasteiger partial charge in [0.1, 0.15) is 6.61 Å². The molecule has 0 radical (unpaired) electrons. The molecule has 2 N–H and O–H groups in total. The first-order valence-corrected chi connectivity index (χ1v) is 7.86. The molecule has 0 spiro atoms. The topological polar surface area (TPSA) is 66.4 Å². The lowest BCUT2D eigenvalue weighted by Gasteiger charge is -2.08. The van der Waals surface area contributed by atoms with Gasteiger partial charge in [-0.15, -0.1) is 0 Å². The number of hydrogen-bond donors (Lipinski definition) is 2. The number of aliphatic hydroxyl groups excluding tert-OH is 1. The van der Waals surface area contributed by atoms with E-state index in [9.17, 15) is 8.42 Å². The van der Waals surface area contributed by atoms with Crippen molar-refractivity contribution in [2.24, 2.45) is 5.92 Å². The minimum absolute atomic E-state index is 0.193. The van der Waals surface area contributed by atoms with Crippen LogP contribution >= 0.6 is 0 Å². The van der Waals surface area contributed by atoms with Gasteiger partial charge in [-0.2, -0.15) is 0 Å². The largest absolute Gasteiger partial charge is 0.384 e. The predicted octanol–water partition coefficient (Wildman–Crippen LogP) is 1.49. The van der Waals surface area contributed by atoms with Crippen molar-refractivity contribution in [2.75, 3.05) is 17.1 Å². The number of hydrogen-bond acceptors (Lipinski definition) is 3. The van der Waals surface area contributed by atoms with Crippen molar-refractivity contribution in [3.05, 3.63) is 29.3 Å². The Morgan fingerprint density at radius 1 is 1.42 bits per heavy atom. The fraction of sp³-hybridized carbons (Fsp3) is 0.429. The lowest BCUT2D eigenvalue weighted by Crippen LogP contribution is -2.17. The van der Waals surface area contributed by atoms with Crippen LogP contribution in [-0.2, 0) is 10.0 Å². The maximum absolute atomic E-state index is 11.9.